The Balaban J connectivity index is 0.000000520. The minimum absolute atomic E-state index is 0.750. The standard InChI is InChI=1S/C14H12.2CHNO/c1-3-7-13(8-4-1)11-12-14-9-5-2-6-10-14;2*2-1-3/h1-12H;2*2H. The maximum Gasteiger partial charge on any atom is 0.231 e. The normalized spacial score (nSPS) is 8.20. The molecule has 4 heteroatoms. The molecule has 0 unspecified atom stereocenters. The number of isocyanates is 2. The van der Waals surface area contributed by atoms with Gasteiger partial charge in [-0.1, -0.05) is 72.8 Å². The van der Waals surface area contributed by atoms with Crippen LogP contribution in [0.4, 0.5) is 0 Å². The summed E-state index contributed by atoms with van der Waals surface area (Å²) in [6.45, 7) is 0. The molecule has 4 nitrogen and oxygen atoms in total. The van der Waals surface area contributed by atoms with E-state index in [0.29, 0.717) is 0 Å². The van der Waals surface area contributed by atoms with Gasteiger partial charge in [-0.25, -0.2) is 20.4 Å². The molecule has 0 aromatic heterocycles. The van der Waals surface area contributed by atoms with Crippen LogP contribution in [0.3, 0.4) is 0 Å². The molecular weight excluding hydrogens is 252 g/mol. The first-order valence-corrected chi connectivity index (χ1v) is 5.64. The smallest absolute Gasteiger partial charge is 0.222 e. The first kappa shape index (κ1) is 16.9. The molecule has 0 bridgehead atoms. The fourth-order valence-corrected chi connectivity index (χ4v) is 1.32. The third-order valence-corrected chi connectivity index (χ3v) is 2.07. The largest absolute Gasteiger partial charge is 0.231 e. The molecule has 0 atom stereocenters. The van der Waals surface area contributed by atoms with Gasteiger partial charge in [0.25, 0.3) is 0 Å². The highest BCUT2D eigenvalue weighted by Crippen LogP contribution is 2.06. The molecule has 2 aromatic rings. The molecule has 0 aliphatic heterocycles. The van der Waals surface area contributed by atoms with Crippen molar-refractivity contribution in [3.63, 3.8) is 0 Å². The van der Waals surface area contributed by atoms with Gasteiger partial charge in [-0.15, -0.1) is 0 Å². The van der Waals surface area contributed by atoms with Gasteiger partial charge in [0.2, 0.25) is 12.2 Å². The van der Waals surface area contributed by atoms with E-state index in [9.17, 15) is 0 Å². The van der Waals surface area contributed by atoms with Crippen LogP contribution in [0, 0.1) is 10.8 Å². The maximum atomic E-state index is 8.35. The van der Waals surface area contributed by atoms with Gasteiger partial charge in [-0.2, -0.15) is 0 Å². The topological polar surface area (TPSA) is 81.8 Å². The van der Waals surface area contributed by atoms with Crippen molar-refractivity contribution in [3.05, 3.63) is 71.8 Å². The zero-order valence-corrected chi connectivity index (χ0v) is 10.7. The molecule has 0 spiro atoms. The van der Waals surface area contributed by atoms with Crippen molar-refractivity contribution in [2.24, 2.45) is 0 Å². The molecule has 0 amide bonds. The second-order valence-electron chi connectivity index (χ2n) is 3.36. The molecule has 0 saturated carbocycles. The first-order chi connectivity index (χ1) is 9.78. The van der Waals surface area contributed by atoms with E-state index in [2.05, 4.69) is 36.4 Å². The summed E-state index contributed by atoms with van der Waals surface area (Å²) in [5.74, 6) is 0. The van der Waals surface area contributed by atoms with Crippen molar-refractivity contribution in [1.29, 1.82) is 10.8 Å². The Labute approximate surface area is 117 Å². The van der Waals surface area contributed by atoms with Crippen LogP contribution < -0.4 is 0 Å². The molecule has 100 valence electrons. The highest BCUT2D eigenvalue weighted by atomic mass is 16.1. The minimum atomic E-state index is 0.750. The van der Waals surface area contributed by atoms with Gasteiger partial charge in [-0.3, -0.25) is 0 Å². The third kappa shape index (κ3) is 9.02. The molecule has 0 fully saturated rings. The Morgan fingerprint density at radius 1 is 0.650 bits per heavy atom. The first-order valence-electron chi connectivity index (χ1n) is 5.64. The average Bonchev–Trinajstić information content (AvgIpc) is 2.49. The van der Waals surface area contributed by atoms with Gasteiger partial charge in [0, 0.05) is 0 Å². The van der Waals surface area contributed by atoms with Gasteiger partial charge in [-0.05, 0) is 11.1 Å². The van der Waals surface area contributed by atoms with Crippen molar-refractivity contribution in [3.8, 4) is 0 Å². The van der Waals surface area contributed by atoms with Gasteiger partial charge in [0.15, 0.2) is 0 Å². The molecule has 0 heterocycles. The van der Waals surface area contributed by atoms with Crippen LogP contribution in [0.15, 0.2) is 60.7 Å². The van der Waals surface area contributed by atoms with Crippen LogP contribution in [0.1, 0.15) is 11.1 Å². The second-order valence-corrected chi connectivity index (χ2v) is 3.36. The van der Waals surface area contributed by atoms with E-state index in [1.54, 1.807) is 0 Å². The van der Waals surface area contributed by atoms with E-state index in [4.69, 9.17) is 20.4 Å². The average molecular weight is 266 g/mol. The summed E-state index contributed by atoms with van der Waals surface area (Å²) in [6, 6.07) is 20.6. The fraction of sp³-hybridized carbons (Fsp3) is 0. The SMILES string of the molecule is C(=Cc1ccccc1)c1ccccc1.N=C=O.N=C=O. The van der Waals surface area contributed by atoms with Crippen LogP contribution >= 0.6 is 0 Å². The lowest BCUT2D eigenvalue weighted by Crippen LogP contribution is -1.70. The molecule has 0 aliphatic rings. The van der Waals surface area contributed by atoms with Crippen molar-refractivity contribution in [2.75, 3.05) is 0 Å². The molecule has 0 saturated heterocycles. The zero-order valence-electron chi connectivity index (χ0n) is 10.7. The molecule has 20 heavy (non-hydrogen) atoms. The Hall–Kier alpha value is -3.06. The van der Waals surface area contributed by atoms with Crippen LogP contribution in [0.25, 0.3) is 12.2 Å². The summed E-state index contributed by atoms with van der Waals surface area (Å²) in [5, 5.41) is 10.8. The van der Waals surface area contributed by atoms with E-state index in [1.165, 1.54) is 11.1 Å². The highest BCUT2D eigenvalue weighted by molar-refractivity contribution is 5.69. The molecule has 0 aliphatic carbocycles. The minimum Gasteiger partial charge on any atom is -0.222 e. The molecule has 0 radical (unpaired) electrons. The summed E-state index contributed by atoms with van der Waals surface area (Å²) in [4.78, 5) is 16.7. The van der Waals surface area contributed by atoms with Gasteiger partial charge >= 0.3 is 0 Å². The monoisotopic (exact) mass is 266 g/mol. The summed E-state index contributed by atoms with van der Waals surface area (Å²) >= 11 is 0. The van der Waals surface area contributed by atoms with Crippen molar-refractivity contribution < 1.29 is 9.59 Å². The Kier molecular flexibility index (Phi) is 10.5. The van der Waals surface area contributed by atoms with Crippen molar-refractivity contribution in [1.82, 2.24) is 0 Å². The summed E-state index contributed by atoms with van der Waals surface area (Å²) in [6.07, 6.45) is 5.74. The lowest BCUT2D eigenvalue weighted by molar-refractivity contribution is 0.562. The molecule has 2 rings (SSSR count). The van der Waals surface area contributed by atoms with Crippen LogP contribution in [-0.4, -0.2) is 12.2 Å². The predicted molar refractivity (Wildman–Crippen MR) is 78.6 cm³/mol. The van der Waals surface area contributed by atoms with Gasteiger partial charge in [0.05, 0.1) is 0 Å². The van der Waals surface area contributed by atoms with E-state index < -0.39 is 0 Å². The van der Waals surface area contributed by atoms with Gasteiger partial charge < -0.3 is 0 Å². The molecule has 2 N–H and O–H groups in total. The molecular formula is C16H14N2O2. The lowest BCUT2D eigenvalue weighted by Gasteiger charge is -1.92. The van der Waals surface area contributed by atoms with E-state index in [0.717, 1.165) is 12.2 Å². The van der Waals surface area contributed by atoms with Crippen LogP contribution in [0.5, 0.6) is 0 Å². The fourth-order valence-electron chi connectivity index (χ4n) is 1.32. The Morgan fingerprint density at radius 2 is 0.900 bits per heavy atom. The van der Waals surface area contributed by atoms with E-state index in [-0.39, 0.29) is 0 Å². The molecule has 2 aromatic carbocycles. The quantitative estimate of drug-likeness (QED) is 0.494. The number of rotatable bonds is 2. The maximum absolute atomic E-state index is 8.35. The summed E-state index contributed by atoms with van der Waals surface area (Å²) in [5.41, 5.74) is 2.47. The Bertz CT molecular complexity index is 512. The number of hydrogen-bond donors (Lipinski definition) is 2. The van der Waals surface area contributed by atoms with Crippen molar-refractivity contribution in [2.45, 2.75) is 0 Å². The zero-order chi connectivity index (χ0) is 15.1. The predicted octanol–water partition coefficient (Wildman–Crippen LogP) is 3.66. The highest BCUT2D eigenvalue weighted by Gasteiger charge is 1.84. The lowest BCUT2D eigenvalue weighted by atomic mass is 10.1. The number of hydrogen-bond acceptors (Lipinski definition) is 4. The number of carbonyl (C=O) groups excluding carboxylic acids is 2. The van der Waals surface area contributed by atoms with Crippen LogP contribution in [0.2, 0.25) is 0 Å². The second kappa shape index (κ2) is 12.4. The number of benzene rings is 2. The van der Waals surface area contributed by atoms with Crippen molar-refractivity contribution >= 4 is 24.3 Å². The summed E-state index contributed by atoms with van der Waals surface area (Å²) < 4.78 is 0. The van der Waals surface area contributed by atoms with Crippen LogP contribution in [-0.2, 0) is 9.59 Å². The van der Waals surface area contributed by atoms with E-state index in [1.807, 2.05) is 36.4 Å². The third-order valence-electron chi connectivity index (χ3n) is 2.07. The summed E-state index contributed by atoms with van der Waals surface area (Å²) in [7, 11) is 0. The Morgan fingerprint density at radius 3 is 1.15 bits per heavy atom. The van der Waals surface area contributed by atoms with E-state index >= 15 is 0 Å². The van der Waals surface area contributed by atoms with Gasteiger partial charge in [0.1, 0.15) is 0 Å². The number of nitrogens with one attached hydrogen (secondary N) is 2.